The van der Waals surface area contributed by atoms with Crippen LogP contribution in [0.25, 0.3) is 16.8 Å². The first-order valence-corrected chi connectivity index (χ1v) is 9.66. The number of ether oxygens (including phenoxy) is 2. The van der Waals surface area contributed by atoms with Crippen molar-refractivity contribution < 1.29 is 14.3 Å². The Labute approximate surface area is 169 Å². The maximum Gasteiger partial charge on any atom is 0.255 e. The number of nitrogens with one attached hydrogen (secondary N) is 2. The van der Waals surface area contributed by atoms with Crippen molar-refractivity contribution in [2.75, 3.05) is 31.7 Å². The molecule has 1 amide bonds. The van der Waals surface area contributed by atoms with Gasteiger partial charge >= 0.3 is 0 Å². The lowest BCUT2D eigenvalue weighted by Gasteiger charge is -2.22. The van der Waals surface area contributed by atoms with Gasteiger partial charge in [-0.15, -0.1) is 0 Å². The third-order valence-electron chi connectivity index (χ3n) is 4.43. The second kappa shape index (κ2) is 7.71. The molecule has 0 saturated heterocycles. The quantitative estimate of drug-likeness (QED) is 0.659. The summed E-state index contributed by atoms with van der Waals surface area (Å²) in [6.45, 7) is 7.79. The fourth-order valence-corrected chi connectivity index (χ4v) is 3.14. The van der Waals surface area contributed by atoms with E-state index < -0.39 is 0 Å². The summed E-state index contributed by atoms with van der Waals surface area (Å²) in [5, 5.41) is 10.6. The van der Waals surface area contributed by atoms with Crippen molar-refractivity contribution in [3.63, 3.8) is 0 Å². The molecule has 0 fully saturated rings. The number of anilines is 1. The van der Waals surface area contributed by atoms with Gasteiger partial charge in [-0.05, 0) is 44.5 Å². The van der Waals surface area contributed by atoms with Crippen LogP contribution < -0.4 is 15.4 Å². The van der Waals surface area contributed by atoms with Crippen LogP contribution in [0.15, 0.2) is 36.7 Å². The van der Waals surface area contributed by atoms with Gasteiger partial charge in [0.25, 0.3) is 5.91 Å². The summed E-state index contributed by atoms with van der Waals surface area (Å²) < 4.78 is 13.3. The molecule has 0 atom stereocenters. The van der Waals surface area contributed by atoms with Gasteiger partial charge in [0.05, 0.1) is 25.0 Å². The molecule has 0 saturated carbocycles. The summed E-state index contributed by atoms with van der Waals surface area (Å²) in [5.41, 5.74) is 2.62. The molecular weight excluding hydrogens is 370 g/mol. The Balaban J connectivity index is 1.79. The van der Waals surface area contributed by atoms with E-state index in [0.717, 1.165) is 22.6 Å². The van der Waals surface area contributed by atoms with Crippen LogP contribution in [0.3, 0.4) is 0 Å². The van der Waals surface area contributed by atoms with E-state index in [4.69, 9.17) is 9.47 Å². The number of rotatable bonds is 1. The molecular formula is C21H25N5O3. The van der Waals surface area contributed by atoms with Crippen LogP contribution in [-0.2, 0) is 4.74 Å². The van der Waals surface area contributed by atoms with Crippen LogP contribution in [-0.4, -0.2) is 52.4 Å². The van der Waals surface area contributed by atoms with E-state index in [1.165, 1.54) is 0 Å². The van der Waals surface area contributed by atoms with Crippen molar-refractivity contribution in [2.45, 2.75) is 26.3 Å². The Morgan fingerprint density at radius 2 is 2.07 bits per heavy atom. The summed E-state index contributed by atoms with van der Waals surface area (Å²) >= 11 is 0. The molecule has 0 radical (unpaired) electrons. The average Bonchev–Trinajstić information content (AvgIpc) is 3.08. The van der Waals surface area contributed by atoms with Gasteiger partial charge in [-0.25, -0.2) is 9.50 Å². The highest BCUT2D eigenvalue weighted by Crippen LogP contribution is 2.30. The molecule has 3 aromatic rings. The zero-order valence-corrected chi connectivity index (χ0v) is 16.9. The maximum absolute atomic E-state index is 12.8. The normalized spacial score (nSPS) is 14.7. The van der Waals surface area contributed by atoms with Gasteiger partial charge < -0.3 is 20.1 Å². The zero-order chi connectivity index (χ0) is 20.4. The molecule has 152 valence electrons. The van der Waals surface area contributed by atoms with Crippen LogP contribution in [0.2, 0.25) is 0 Å². The zero-order valence-electron chi connectivity index (χ0n) is 16.9. The van der Waals surface area contributed by atoms with Gasteiger partial charge in [0.15, 0.2) is 5.65 Å². The first-order chi connectivity index (χ1) is 13.9. The van der Waals surface area contributed by atoms with Crippen molar-refractivity contribution in [2.24, 2.45) is 0 Å². The van der Waals surface area contributed by atoms with Crippen molar-refractivity contribution in [1.82, 2.24) is 19.9 Å². The molecule has 0 unspecified atom stereocenters. The summed E-state index contributed by atoms with van der Waals surface area (Å²) in [6, 6.07) is 7.42. The lowest BCUT2D eigenvalue weighted by Crippen LogP contribution is -2.40. The Hall–Kier alpha value is -3.13. The first-order valence-electron chi connectivity index (χ1n) is 9.66. The van der Waals surface area contributed by atoms with Crippen molar-refractivity contribution in [3.8, 4) is 16.9 Å². The topological polar surface area (TPSA) is 89.8 Å². The van der Waals surface area contributed by atoms with Gasteiger partial charge in [0, 0.05) is 23.8 Å². The third-order valence-corrected chi connectivity index (χ3v) is 4.43. The van der Waals surface area contributed by atoms with Gasteiger partial charge in [0.1, 0.15) is 18.2 Å². The highest BCUT2D eigenvalue weighted by atomic mass is 16.5. The smallest absolute Gasteiger partial charge is 0.255 e. The Kier molecular flexibility index (Phi) is 5.10. The van der Waals surface area contributed by atoms with Crippen molar-refractivity contribution >= 4 is 17.4 Å². The minimum Gasteiger partial charge on any atom is -0.490 e. The van der Waals surface area contributed by atoms with E-state index in [2.05, 4.69) is 20.7 Å². The standard InChI is InChI=1S/C21H25N5O3/c1-21(2,3)25-20(27)15-5-4-14-12-17(15)29-11-10-28-9-7-22-18-6-8-26-19(24-18)16(14)13-23-26/h4-6,8,12-13H,7,9-11H2,1-3H3,(H,22,24)(H,25,27). The van der Waals surface area contributed by atoms with Crippen molar-refractivity contribution in [1.29, 1.82) is 0 Å². The summed E-state index contributed by atoms with van der Waals surface area (Å²) in [6.07, 6.45) is 3.64. The number of nitrogens with zero attached hydrogens (tertiary/aromatic N) is 3. The molecule has 1 aliphatic heterocycles. The maximum atomic E-state index is 12.8. The van der Waals surface area contributed by atoms with Crippen LogP contribution in [0, 0.1) is 0 Å². The number of aromatic nitrogens is 3. The fraction of sp³-hybridized carbons (Fsp3) is 0.381. The number of carbonyl (C=O) groups excluding carboxylic acids is 1. The van der Waals surface area contributed by atoms with E-state index in [1.807, 2.05) is 45.2 Å². The molecule has 1 aromatic carbocycles. The van der Waals surface area contributed by atoms with E-state index in [9.17, 15) is 4.79 Å². The number of hydrogen-bond acceptors (Lipinski definition) is 6. The minimum absolute atomic E-state index is 0.175. The van der Waals surface area contributed by atoms with Crippen LogP contribution in [0.4, 0.5) is 5.82 Å². The summed E-state index contributed by atoms with van der Waals surface area (Å²) in [7, 11) is 0. The number of amides is 1. The van der Waals surface area contributed by atoms with Gasteiger partial charge in [-0.3, -0.25) is 4.79 Å². The highest BCUT2D eigenvalue weighted by molar-refractivity contribution is 5.98. The van der Waals surface area contributed by atoms with Gasteiger partial charge in [0.2, 0.25) is 0 Å². The van der Waals surface area contributed by atoms with Gasteiger partial charge in [-0.2, -0.15) is 5.10 Å². The largest absolute Gasteiger partial charge is 0.490 e. The molecule has 0 aliphatic carbocycles. The van der Waals surface area contributed by atoms with Crippen LogP contribution in [0.5, 0.6) is 5.75 Å². The predicted molar refractivity (Wildman–Crippen MR) is 110 cm³/mol. The Morgan fingerprint density at radius 1 is 1.21 bits per heavy atom. The SMILES string of the molecule is CC(C)(C)NC(=O)c1ccc2cc1OCCOCCNc1ccn3ncc-2c3n1. The molecule has 8 heteroatoms. The molecule has 4 rings (SSSR count). The molecule has 2 N–H and O–H groups in total. The molecule has 4 bridgehead atoms. The molecule has 0 spiro atoms. The number of fused-ring (bicyclic) bond motifs is 4. The molecule has 1 aliphatic rings. The number of hydrogen-bond donors (Lipinski definition) is 2. The van der Waals surface area contributed by atoms with E-state index in [-0.39, 0.29) is 11.4 Å². The second-order valence-electron chi connectivity index (χ2n) is 7.94. The van der Waals surface area contributed by atoms with Gasteiger partial charge in [-0.1, -0.05) is 6.07 Å². The Morgan fingerprint density at radius 3 is 2.90 bits per heavy atom. The second-order valence-corrected chi connectivity index (χ2v) is 7.94. The highest BCUT2D eigenvalue weighted by Gasteiger charge is 2.20. The monoisotopic (exact) mass is 395 g/mol. The predicted octanol–water partition coefficient (Wildman–Crippen LogP) is 2.75. The number of benzene rings is 1. The van der Waals surface area contributed by atoms with Crippen molar-refractivity contribution in [3.05, 3.63) is 42.2 Å². The summed E-state index contributed by atoms with van der Waals surface area (Å²) in [4.78, 5) is 17.5. The van der Waals surface area contributed by atoms with Crippen LogP contribution >= 0.6 is 0 Å². The van der Waals surface area contributed by atoms with Crippen LogP contribution in [0.1, 0.15) is 31.1 Å². The lowest BCUT2D eigenvalue weighted by atomic mass is 10.0. The molecule has 3 heterocycles. The third kappa shape index (κ3) is 4.32. The van der Waals surface area contributed by atoms with E-state index in [1.54, 1.807) is 16.8 Å². The fourth-order valence-electron chi connectivity index (χ4n) is 3.14. The first kappa shape index (κ1) is 19.2. The average molecular weight is 395 g/mol. The Bertz CT molecular complexity index is 1040. The molecule has 2 aromatic heterocycles. The van der Waals surface area contributed by atoms with E-state index in [0.29, 0.717) is 37.7 Å². The van der Waals surface area contributed by atoms with E-state index >= 15 is 0 Å². The minimum atomic E-state index is -0.344. The molecule has 8 nitrogen and oxygen atoms in total. The summed E-state index contributed by atoms with van der Waals surface area (Å²) in [5.74, 6) is 1.10. The lowest BCUT2D eigenvalue weighted by molar-refractivity contribution is 0.0903. The number of carbonyl (C=O) groups is 1. The molecule has 29 heavy (non-hydrogen) atoms.